The maximum Gasteiger partial charge on any atom is 0.122 e. The first-order chi connectivity index (χ1) is 8.15. The first-order valence-electron chi connectivity index (χ1n) is 6.26. The van der Waals surface area contributed by atoms with Crippen molar-refractivity contribution in [1.29, 1.82) is 0 Å². The molecule has 96 valence electrons. The van der Waals surface area contributed by atoms with Gasteiger partial charge in [0, 0.05) is 22.3 Å². The van der Waals surface area contributed by atoms with Gasteiger partial charge in [-0.3, -0.25) is 0 Å². The highest BCUT2D eigenvalue weighted by Gasteiger charge is 2.04. The average Bonchev–Trinajstić information content (AvgIpc) is 2.28. The Hall–Kier alpha value is -0.700. The Kier molecular flexibility index (Phi) is 6.41. The van der Waals surface area contributed by atoms with Crippen molar-refractivity contribution in [3.05, 3.63) is 22.7 Å². The van der Waals surface area contributed by atoms with Gasteiger partial charge in [0.1, 0.15) is 5.75 Å². The fraction of sp³-hybridized carbons (Fsp3) is 0.571. The minimum atomic E-state index is 0.501. The molecule has 1 aromatic rings. The molecule has 0 aliphatic carbocycles. The second-order valence-corrected chi connectivity index (χ2v) is 5.34. The van der Waals surface area contributed by atoms with E-state index < -0.39 is 0 Å². The van der Waals surface area contributed by atoms with E-state index in [1.165, 1.54) is 25.7 Å². The number of benzene rings is 1. The maximum atomic E-state index is 5.25. The van der Waals surface area contributed by atoms with Crippen molar-refractivity contribution in [3.8, 4) is 5.75 Å². The highest BCUT2D eigenvalue weighted by molar-refractivity contribution is 9.10. The summed E-state index contributed by atoms with van der Waals surface area (Å²) in [7, 11) is 1.69. The molecule has 3 heteroatoms. The summed E-state index contributed by atoms with van der Waals surface area (Å²) in [6.45, 7) is 4.46. The van der Waals surface area contributed by atoms with Crippen molar-refractivity contribution in [3.63, 3.8) is 0 Å². The predicted octanol–water partition coefficient (Wildman–Crippen LogP) is 4.84. The van der Waals surface area contributed by atoms with Gasteiger partial charge in [-0.05, 0) is 25.5 Å². The van der Waals surface area contributed by atoms with Gasteiger partial charge in [-0.15, -0.1) is 0 Å². The van der Waals surface area contributed by atoms with E-state index in [1.807, 2.05) is 12.1 Å². The van der Waals surface area contributed by atoms with Crippen LogP contribution in [0.3, 0.4) is 0 Å². The molecule has 1 aromatic carbocycles. The highest BCUT2D eigenvalue weighted by Crippen LogP contribution is 2.25. The van der Waals surface area contributed by atoms with Gasteiger partial charge >= 0.3 is 0 Å². The number of halogens is 1. The monoisotopic (exact) mass is 299 g/mol. The van der Waals surface area contributed by atoms with Crippen LogP contribution in [0.15, 0.2) is 22.7 Å². The number of hydrogen-bond acceptors (Lipinski definition) is 2. The summed E-state index contributed by atoms with van der Waals surface area (Å²) in [6, 6.07) is 6.58. The zero-order valence-corrected chi connectivity index (χ0v) is 12.5. The molecule has 0 spiro atoms. The molecule has 1 atom stereocenters. The van der Waals surface area contributed by atoms with Crippen LogP contribution in [-0.2, 0) is 0 Å². The average molecular weight is 300 g/mol. The van der Waals surface area contributed by atoms with Crippen LogP contribution in [0.2, 0.25) is 0 Å². The third kappa shape index (κ3) is 5.44. The van der Waals surface area contributed by atoms with Crippen LogP contribution in [0.5, 0.6) is 5.75 Å². The van der Waals surface area contributed by atoms with E-state index in [0.29, 0.717) is 6.04 Å². The summed E-state index contributed by atoms with van der Waals surface area (Å²) in [5, 5.41) is 3.51. The molecule has 0 saturated heterocycles. The molecule has 0 amide bonds. The third-order valence-electron chi connectivity index (χ3n) is 2.76. The smallest absolute Gasteiger partial charge is 0.122 e. The van der Waals surface area contributed by atoms with E-state index in [-0.39, 0.29) is 0 Å². The summed E-state index contributed by atoms with van der Waals surface area (Å²) in [4.78, 5) is 0. The second kappa shape index (κ2) is 7.59. The van der Waals surface area contributed by atoms with Gasteiger partial charge in [-0.1, -0.05) is 42.1 Å². The molecule has 1 unspecified atom stereocenters. The lowest BCUT2D eigenvalue weighted by molar-refractivity contribution is 0.414. The zero-order chi connectivity index (χ0) is 12.7. The summed E-state index contributed by atoms with van der Waals surface area (Å²) < 4.78 is 6.29. The molecule has 0 fully saturated rings. The van der Waals surface area contributed by atoms with Crippen LogP contribution in [-0.4, -0.2) is 13.2 Å². The van der Waals surface area contributed by atoms with Gasteiger partial charge in [-0.25, -0.2) is 0 Å². The van der Waals surface area contributed by atoms with E-state index in [1.54, 1.807) is 7.11 Å². The van der Waals surface area contributed by atoms with Crippen molar-refractivity contribution < 1.29 is 4.74 Å². The second-order valence-electron chi connectivity index (χ2n) is 4.42. The predicted molar refractivity (Wildman–Crippen MR) is 77.9 cm³/mol. The lowest BCUT2D eigenvalue weighted by atomic mass is 10.1. The van der Waals surface area contributed by atoms with Crippen LogP contribution < -0.4 is 10.1 Å². The van der Waals surface area contributed by atoms with E-state index in [0.717, 1.165) is 15.9 Å². The Morgan fingerprint density at radius 3 is 2.71 bits per heavy atom. The number of nitrogens with one attached hydrogen (secondary N) is 1. The van der Waals surface area contributed by atoms with E-state index in [2.05, 4.69) is 41.2 Å². The largest absolute Gasteiger partial charge is 0.497 e. The Morgan fingerprint density at radius 1 is 1.29 bits per heavy atom. The minimum Gasteiger partial charge on any atom is -0.497 e. The fourth-order valence-electron chi connectivity index (χ4n) is 1.82. The zero-order valence-electron chi connectivity index (χ0n) is 10.9. The molecule has 0 aliphatic rings. The van der Waals surface area contributed by atoms with Crippen LogP contribution in [0.4, 0.5) is 5.69 Å². The molecule has 17 heavy (non-hydrogen) atoms. The topological polar surface area (TPSA) is 21.3 Å². The quantitative estimate of drug-likeness (QED) is 0.728. The lowest BCUT2D eigenvalue weighted by Gasteiger charge is -2.16. The maximum absolute atomic E-state index is 5.25. The van der Waals surface area contributed by atoms with Crippen molar-refractivity contribution >= 4 is 21.6 Å². The number of methoxy groups -OCH3 is 1. The van der Waals surface area contributed by atoms with E-state index in [4.69, 9.17) is 4.74 Å². The number of unbranched alkanes of at least 4 members (excludes halogenated alkanes) is 2. The van der Waals surface area contributed by atoms with Gasteiger partial charge in [-0.2, -0.15) is 0 Å². The molecular formula is C14H22BrNO. The normalized spacial score (nSPS) is 12.2. The Balaban J connectivity index is 2.52. The molecule has 1 rings (SSSR count). The molecule has 0 saturated carbocycles. The van der Waals surface area contributed by atoms with E-state index >= 15 is 0 Å². The van der Waals surface area contributed by atoms with Gasteiger partial charge in [0.2, 0.25) is 0 Å². The molecule has 0 heterocycles. The standard InChI is InChI=1S/C14H22BrNO/c1-4-5-6-7-11(2)16-13-8-12(15)9-14(10-13)17-3/h8-11,16H,4-7H2,1-3H3. The van der Waals surface area contributed by atoms with Gasteiger partial charge in [0.05, 0.1) is 7.11 Å². The molecule has 0 aromatic heterocycles. The first-order valence-corrected chi connectivity index (χ1v) is 7.06. The van der Waals surface area contributed by atoms with Crippen molar-refractivity contribution in [1.82, 2.24) is 0 Å². The van der Waals surface area contributed by atoms with Gasteiger partial charge < -0.3 is 10.1 Å². The van der Waals surface area contributed by atoms with Gasteiger partial charge in [0.25, 0.3) is 0 Å². The minimum absolute atomic E-state index is 0.501. The SMILES string of the molecule is CCCCCC(C)Nc1cc(Br)cc(OC)c1. The summed E-state index contributed by atoms with van der Waals surface area (Å²) in [5.74, 6) is 0.877. The van der Waals surface area contributed by atoms with Crippen molar-refractivity contribution in [2.75, 3.05) is 12.4 Å². The Bertz CT molecular complexity index is 341. The molecule has 1 N–H and O–H groups in total. The molecule has 2 nitrogen and oxygen atoms in total. The van der Waals surface area contributed by atoms with Crippen molar-refractivity contribution in [2.45, 2.75) is 45.6 Å². The van der Waals surface area contributed by atoms with Crippen LogP contribution in [0.1, 0.15) is 39.5 Å². The molecular weight excluding hydrogens is 278 g/mol. The number of hydrogen-bond donors (Lipinski definition) is 1. The Morgan fingerprint density at radius 2 is 2.06 bits per heavy atom. The number of anilines is 1. The molecule has 0 aliphatic heterocycles. The number of ether oxygens (including phenoxy) is 1. The van der Waals surface area contributed by atoms with Crippen LogP contribution >= 0.6 is 15.9 Å². The summed E-state index contributed by atoms with van der Waals surface area (Å²) in [5.41, 5.74) is 1.11. The highest BCUT2D eigenvalue weighted by atomic mass is 79.9. The van der Waals surface area contributed by atoms with Crippen molar-refractivity contribution in [2.24, 2.45) is 0 Å². The third-order valence-corrected chi connectivity index (χ3v) is 3.22. The van der Waals surface area contributed by atoms with E-state index in [9.17, 15) is 0 Å². The van der Waals surface area contributed by atoms with Crippen LogP contribution in [0, 0.1) is 0 Å². The summed E-state index contributed by atoms with van der Waals surface area (Å²) >= 11 is 3.49. The fourth-order valence-corrected chi connectivity index (χ4v) is 2.29. The first kappa shape index (κ1) is 14.4. The number of rotatable bonds is 7. The van der Waals surface area contributed by atoms with Gasteiger partial charge in [0.15, 0.2) is 0 Å². The summed E-state index contributed by atoms with van der Waals surface area (Å²) in [6.07, 6.45) is 5.09. The lowest BCUT2D eigenvalue weighted by Crippen LogP contribution is -2.14. The van der Waals surface area contributed by atoms with Crippen LogP contribution in [0.25, 0.3) is 0 Å². The Labute approximate surface area is 113 Å². The molecule has 0 bridgehead atoms. The molecule has 0 radical (unpaired) electrons.